The maximum Gasteiger partial charge on any atom is 0.0701 e. The molecule has 2 aromatic heterocycles. The molecule has 0 spiro atoms. The van der Waals surface area contributed by atoms with Gasteiger partial charge in [0.25, 0.3) is 0 Å². The van der Waals surface area contributed by atoms with Crippen LogP contribution in [0.1, 0.15) is 29.8 Å². The van der Waals surface area contributed by atoms with E-state index in [4.69, 9.17) is 0 Å². The van der Waals surface area contributed by atoms with Gasteiger partial charge >= 0.3 is 0 Å². The second-order valence-electron chi connectivity index (χ2n) is 4.21. The molecule has 0 amide bonds. The Morgan fingerprint density at radius 1 is 1.28 bits per heavy atom. The van der Waals surface area contributed by atoms with Crippen LogP contribution in [0.2, 0.25) is 0 Å². The van der Waals surface area contributed by atoms with Crippen molar-refractivity contribution in [2.75, 3.05) is 6.54 Å². The number of nitrogens with one attached hydrogen (secondary N) is 1. The summed E-state index contributed by atoms with van der Waals surface area (Å²) in [5, 5.41) is 3.62. The molecule has 0 aliphatic carbocycles. The van der Waals surface area contributed by atoms with E-state index in [1.807, 2.05) is 12.4 Å². The number of hydrogen-bond acceptors (Lipinski definition) is 3. The first kappa shape index (κ1) is 13.7. The molecule has 0 saturated carbocycles. The van der Waals surface area contributed by atoms with Crippen molar-refractivity contribution in [3.8, 4) is 0 Å². The van der Waals surface area contributed by atoms with Gasteiger partial charge in [0.2, 0.25) is 0 Å². The Balaban J connectivity index is 2.10. The highest BCUT2D eigenvalue weighted by Crippen LogP contribution is 2.29. The Hall–Kier alpha value is -0.710. The van der Waals surface area contributed by atoms with E-state index in [0.29, 0.717) is 6.04 Å². The molecule has 2 heterocycles. The molecule has 18 heavy (non-hydrogen) atoms. The number of nitrogens with zero attached hydrogens (tertiary/aromatic N) is 1. The van der Waals surface area contributed by atoms with Gasteiger partial charge in [-0.1, -0.05) is 6.92 Å². The Morgan fingerprint density at radius 3 is 2.67 bits per heavy atom. The number of pyridine rings is 1. The van der Waals surface area contributed by atoms with Gasteiger partial charge in [-0.15, -0.1) is 11.3 Å². The Morgan fingerprint density at radius 2 is 2.06 bits per heavy atom. The lowest BCUT2D eigenvalue weighted by Gasteiger charge is -2.17. The predicted molar refractivity (Wildman–Crippen MR) is 81.0 cm³/mol. The molecule has 0 fully saturated rings. The maximum absolute atomic E-state index is 4.07. The minimum absolute atomic E-state index is 0.392. The van der Waals surface area contributed by atoms with Gasteiger partial charge in [-0.05, 0) is 65.1 Å². The van der Waals surface area contributed by atoms with E-state index < -0.39 is 0 Å². The summed E-state index contributed by atoms with van der Waals surface area (Å²) < 4.78 is 1.19. The molecule has 1 atom stereocenters. The van der Waals surface area contributed by atoms with Crippen LogP contribution in [0.5, 0.6) is 0 Å². The zero-order valence-corrected chi connectivity index (χ0v) is 12.8. The summed E-state index contributed by atoms with van der Waals surface area (Å²) in [6.45, 7) is 3.24. The second kappa shape index (κ2) is 7.02. The lowest BCUT2D eigenvalue weighted by atomic mass is 10.1. The van der Waals surface area contributed by atoms with Crippen LogP contribution in [0, 0.1) is 0 Å². The first-order valence-electron chi connectivity index (χ1n) is 6.17. The van der Waals surface area contributed by atoms with Crippen LogP contribution >= 0.6 is 27.3 Å². The number of thiophene rings is 1. The highest BCUT2D eigenvalue weighted by Gasteiger charge is 2.13. The largest absolute Gasteiger partial charge is 0.309 e. The first-order chi connectivity index (χ1) is 8.79. The van der Waals surface area contributed by atoms with Crippen molar-refractivity contribution in [3.05, 3.63) is 50.9 Å². The second-order valence-corrected chi connectivity index (χ2v) is 6.70. The van der Waals surface area contributed by atoms with Crippen LogP contribution in [0.25, 0.3) is 0 Å². The normalized spacial score (nSPS) is 12.6. The average Bonchev–Trinajstić information content (AvgIpc) is 2.82. The molecular weight excluding hydrogens is 308 g/mol. The molecular formula is C14H17BrN2S. The van der Waals surface area contributed by atoms with E-state index in [2.05, 4.69) is 57.4 Å². The van der Waals surface area contributed by atoms with E-state index in [0.717, 1.165) is 19.4 Å². The lowest BCUT2D eigenvalue weighted by molar-refractivity contribution is 0.536. The third kappa shape index (κ3) is 3.90. The zero-order valence-electron chi connectivity index (χ0n) is 10.4. The van der Waals surface area contributed by atoms with Crippen molar-refractivity contribution in [3.63, 3.8) is 0 Å². The van der Waals surface area contributed by atoms with E-state index >= 15 is 0 Å². The van der Waals surface area contributed by atoms with E-state index in [9.17, 15) is 0 Å². The average molecular weight is 325 g/mol. The van der Waals surface area contributed by atoms with Crippen molar-refractivity contribution in [1.29, 1.82) is 0 Å². The summed E-state index contributed by atoms with van der Waals surface area (Å²) in [5.41, 5.74) is 1.32. The van der Waals surface area contributed by atoms with Crippen LogP contribution in [0.15, 0.2) is 40.4 Å². The quantitative estimate of drug-likeness (QED) is 0.861. The van der Waals surface area contributed by atoms with Crippen molar-refractivity contribution < 1.29 is 0 Å². The summed E-state index contributed by atoms with van der Waals surface area (Å²) in [6, 6.07) is 8.88. The minimum atomic E-state index is 0.392. The van der Waals surface area contributed by atoms with Gasteiger partial charge in [0.05, 0.1) is 3.79 Å². The Bertz CT molecular complexity index is 470. The molecule has 96 valence electrons. The molecule has 0 aliphatic rings. The Labute approximate surface area is 121 Å². The van der Waals surface area contributed by atoms with E-state index in [1.165, 1.54) is 14.2 Å². The van der Waals surface area contributed by atoms with Gasteiger partial charge in [0.1, 0.15) is 0 Å². The van der Waals surface area contributed by atoms with Crippen molar-refractivity contribution in [2.24, 2.45) is 0 Å². The van der Waals surface area contributed by atoms with Crippen LogP contribution < -0.4 is 5.32 Å². The fraction of sp³-hybridized carbons (Fsp3) is 0.357. The molecule has 0 aromatic carbocycles. The monoisotopic (exact) mass is 324 g/mol. The summed E-state index contributed by atoms with van der Waals surface area (Å²) in [5.74, 6) is 0. The molecule has 2 aromatic rings. The highest BCUT2D eigenvalue weighted by molar-refractivity contribution is 9.11. The smallest absolute Gasteiger partial charge is 0.0701 e. The third-order valence-electron chi connectivity index (χ3n) is 2.77. The van der Waals surface area contributed by atoms with Crippen molar-refractivity contribution >= 4 is 27.3 Å². The predicted octanol–water partition coefficient (Wildman–Crippen LogP) is 4.19. The lowest BCUT2D eigenvalue weighted by Crippen LogP contribution is -2.23. The molecule has 0 aliphatic heterocycles. The minimum Gasteiger partial charge on any atom is -0.309 e. The van der Waals surface area contributed by atoms with Crippen LogP contribution in [-0.4, -0.2) is 11.5 Å². The standard InChI is InChI=1S/C14H17BrN2S/c1-2-7-17-12(13-3-4-14(15)18-13)10-11-5-8-16-9-6-11/h3-6,8-9,12,17H,2,7,10H2,1H3. The van der Waals surface area contributed by atoms with Crippen molar-refractivity contribution in [1.82, 2.24) is 10.3 Å². The highest BCUT2D eigenvalue weighted by atomic mass is 79.9. The Kier molecular flexibility index (Phi) is 5.35. The molecule has 4 heteroatoms. The van der Waals surface area contributed by atoms with Gasteiger partial charge in [0.15, 0.2) is 0 Å². The number of hydrogen-bond donors (Lipinski definition) is 1. The number of aromatic nitrogens is 1. The molecule has 0 bridgehead atoms. The number of halogens is 1. The first-order valence-corrected chi connectivity index (χ1v) is 7.78. The SMILES string of the molecule is CCCNC(Cc1ccncc1)c1ccc(Br)s1. The molecule has 0 saturated heterocycles. The van der Waals surface area contributed by atoms with Gasteiger partial charge in [-0.3, -0.25) is 4.98 Å². The molecule has 1 unspecified atom stereocenters. The summed E-state index contributed by atoms with van der Waals surface area (Å²) >= 11 is 5.34. The third-order valence-corrected chi connectivity index (χ3v) is 4.50. The van der Waals surface area contributed by atoms with Crippen molar-refractivity contribution in [2.45, 2.75) is 25.8 Å². The molecule has 2 nitrogen and oxygen atoms in total. The van der Waals surface area contributed by atoms with Gasteiger partial charge < -0.3 is 5.32 Å². The fourth-order valence-corrected chi connectivity index (χ4v) is 3.36. The zero-order chi connectivity index (χ0) is 12.8. The maximum atomic E-state index is 4.07. The van der Waals surface area contributed by atoms with Gasteiger partial charge in [0, 0.05) is 23.3 Å². The van der Waals surface area contributed by atoms with E-state index in [1.54, 1.807) is 11.3 Å². The fourth-order valence-electron chi connectivity index (χ4n) is 1.86. The summed E-state index contributed by atoms with van der Waals surface area (Å²) in [6.07, 6.45) is 5.88. The van der Waals surface area contributed by atoms with Crippen LogP contribution in [0.4, 0.5) is 0 Å². The molecule has 2 rings (SSSR count). The van der Waals surface area contributed by atoms with Gasteiger partial charge in [-0.25, -0.2) is 0 Å². The van der Waals surface area contributed by atoms with Crippen LogP contribution in [-0.2, 0) is 6.42 Å². The van der Waals surface area contributed by atoms with Crippen LogP contribution in [0.3, 0.4) is 0 Å². The summed E-state index contributed by atoms with van der Waals surface area (Å²) in [7, 11) is 0. The summed E-state index contributed by atoms with van der Waals surface area (Å²) in [4.78, 5) is 5.45. The van der Waals surface area contributed by atoms with E-state index in [-0.39, 0.29) is 0 Å². The molecule has 0 radical (unpaired) electrons. The number of rotatable bonds is 6. The van der Waals surface area contributed by atoms with Gasteiger partial charge in [-0.2, -0.15) is 0 Å². The topological polar surface area (TPSA) is 24.9 Å². The molecule has 1 N–H and O–H groups in total.